The smallest absolute Gasteiger partial charge is 0.240 e. The molecule has 23 heavy (non-hydrogen) atoms. The molecule has 0 aliphatic heterocycles. The minimum absolute atomic E-state index is 0.0728. The van der Waals surface area contributed by atoms with Gasteiger partial charge in [-0.1, -0.05) is 48.0 Å². The molecule has 0 fully saturated rings. The number of aryl methyl sites for hydroxylation is 1. The maximum Gasteiger partial charge on any atom is 0.240 e. The SMILES string of the molecule is Cc1ccc(S(=O)(=O)NCC(CC(C)O)c2ccccc2)cc1. The molecular weight excluding hydrogens is 310 g/mol. The zero-order valence-corrected chi connectivity index (χ0v) is 14.3. The van der Waals surface area contributed by atoms with E-state index in [1.54, 1.807) is 31.2 Å². The van der Waals surface area contributed by atoms with E-state index >= 15 is 0 Å². The average Bonchev–Trinajstić information content (AvgIpc) is 2.52. The second-order valence-corrected chi connectivity index (χ2v) is 7.62. The van der Waals surface area contributed by atoms with Gasteiger partial charge >= 0.3 is 0 Å². The van der Waals surface area contributed by atoms with Gasteiger partial charge in [0.15, 0.2) is 0 Å². The quantitative estimate of drug-likeness (QED) is 0.819. The van der Waals surface area contributed by atoms with Gasteiger partial charge in [0.05, 0.1) is 11.0 Å². The Morgan fingerprint density at radius 3 is 2.22 bits per heavy atom. The van der Waals surface area contributed by atoms with Gasteiger partial charge in [-0.15, -0.1) is 0 Å². The summed E-state index contributed by atoms with van der Waals surface area (Å²) in [5.74, 6) is -0.0728. The van der Waals surface area contributed by atoms with Crippen molar-refractivity contribution >= 4 is 10.0 Å². The molecule has 0 aliphatic rings. The molecule has 4 nitrogen and oxygen atoms in total. The van der Waals surface area contributed by atoms with Crippen molar-refractivity contribution < 1.29 is 13.5 Å². The maximum atomic E-state index is 12.4. The number of hydrogen-bond acceptors (Lipinski definition) is 3. The van der Waals surface area contributed by atoms with Crippen LogP contribution in [0.4, 0.5) is 0 Å². The van der Waals surface area contributed by atoms with Crippen molar-refractivity contribution in [2.24, 2.45) is 0 Å². The Morgan fingerprint density at radius 2 is 1.65 bits per heavy atom. The summed E-state index contributed by atoms with van der Waals surface area (Å²) in [6.45, 7) is 3.88. The highest BCUT2D eigenvalue weighted by molar-refractivity contribution is 7.89. The summed E-state index contributed by atoms with van der Waals surface area (Å²) in [6, 6.07) is 16.4. The number of nitrogens with one attached hydrogen (secondary N) is 1. The van der Waals surface area contributed by atoms with Crippen LogP contribution in [0.1, 0.15) is 30.4 Å². The Hall–Kier alpha value is -1.69. The summed E-state index contributed by atoms with van der Waals surface area (Å²) in [5, 5.41) is 9.68. The molecule has 0 saturated heterocycles. The van der Waals surface area contributed by atoms with E-state index in [0.717, 1.165) is 11.1 Å². The lowest BCUT2D eigenvalue weighted by atomic mass is 9.94. The van der Waals surface area contributed by atoms with Gasteiger partial charge in [-0.05, 0) is 43.9 Å². The molecule has 2 aromatic carbocycles. The first kappa shape index (κ1) is 17.7. The molecule has 0 radical (unpaired) electrons. The molecule has 2 N–H and O–H groups in total. The minimum atomic E-state index is -3.55. The maximum absolute atomic E-state index is 12.4. The van der Waals surface area contributed by atoms with Crippen LogP contribution in [0.2, 0.25) is 0 Å². The number of rotatable bonds is 7. The first-order valence-corrected chi connectivity index (χ1v) is 9.16. The molecule has 2 aromatic rings. The summed E-state index contributed by atoms with van der Waals surface area (Å²) in [6.07, 6.45) is 0.00421. The largest absolute Gasteiger partial charge is 0.393 e. The second kappa shape index (κ2) is 7.73. The van der Waals surface area contributed by atoms with Gasteiger partial charge in [-0.25, -0.2) is 13.1 Å². The number of sulfonamides is 1. The number of aliphatic hydroxyl groups is 1. The van der Waals surface area contributed by atoms with Crippen LogP contribution in [-0.2, 0) is 10.0 Å². The fourth-order valence-corrected chi connectivity index (χ4v) is 3.57. The molecule has 124 valence electrons. The van der Waals surface area contributed by atoms with E-state index in [-0.39, 0.29) is 17.4 Å². The van der Waals surface area contributed by atoms with Crippen LogP contribution in [0.25, 0.3) is 0 Å². The highest BCUT2D eigenvalue weighted by Gasteiger charge is 2.19. The molecule has 2 atom stereocenters. The average molecular weight is 333 g/mol. The molecule has 0 heterocycles. The fraction of sp³-hybridized carbons (Fsp3) is 0.333. The monoisotopic (exact) mass is 333 g/mol. The van der Waals surface area contributed by atoms with Crippen molar-refractivity contribution in [3.05, 3.63) is 65.7 Å². The second-order valence-electron chi connectivity index (χ2n) is 5.86. The lowest BCUT2D eigenvalue weighted by Gasteiger charge is -2.19. The molecule has 0 aliphatic carbocycles. The van der Waals surface area contributed by atoms with Crippen LogP contribution in [0, 0.1) is 6.92 Å². The van der Waals surface area contributed by atoms with E-state index in [9.17, 15) is 13.5 Å². The van der Waals surface area contributed by atoms with Gasteiger partial charge in [0.25, 0.3) is 0 Å². The highest BCUT2D eigenvalue weighted by atomic mass is 32.2. The van der Waals surface area contributed by atoms with Gasteiger partial charge in [0.1, 0.15) is 0 Å². The van der Waals surface area contributed by atoms with Crippen molar-refractivity contribution in [2.75, 3.05) is 6.54 Å². The van der Waals surface area contributed by atoms with Gasteiger partial charge in [0.2, 0.25) is 10.0 Å². The van der Waals surface area contributed by atoms with Crippen LogP contribution >= 0.6 is 0 Å². The zero-order valence-electron chi connectivity index (χ0n) is 13.4. The predicted molar refractivity (Wildman–Crippen MR) is 91.8 cm³/mol. The molecule has 0 amide bonds. The molecule has 2 unspecified atom stereocenters. The molecule has 2 rings (SSSR count). The summed E-state index contributed by atoms with van der Waals surface area (Å²) < 4.78 is 27.4. The van der Waals surface area contributed by atoms with E-state index in [1.807, 2.05) is 37.3 Å². The fourth-order valence-electron chi connectivity index (χ4n) is 2.49. The lowest BCUT2D eigenvalue weighted by Crippen LogP contribution is -2.29. The molecule has 0 aromatic heterocycles. The first-order chi connectivity index (χ1) is 10.9. The van der Waals surface area contributed by atoms with Gasteiger partial charge in [-0.3, -0.25) is 0 Å². The van der Waals surface area contributed by atoms with E-state index in [0.29, 0.717) is 6.42 Å². The molecular formula is C18H23NO3S. The molecule has 0 spiro atoms. The third-order valence-electron chi connectivity index (χ3n) is 3.75. The standard InChI is InChI=1S/C18H23NO3S/c1-14-8-10-18(11-9-14)23(21,22)19-13-17(12-15(2)20)16-6-4-3-5-7-16/h3-11,15,17,19-20H,12-13H2,1-2H3. The van der Waals surface area contributed by atoms with Crippen molar-refractivity contribution in [3.8, 4) is 0 Å². The van der Waals surface area contributed by atoms with E-state index in [2.05, 4.69) is 4.72 Å². The van der Waals surface area contributed by atoms with Crippen LogP contribution in [0.3, 0.4) is 0 Å². The van der Waals surface area contributed by atoms with Crippen molar-refractivity contribution in [2.45, 2.75) is 37.2 Å². The van der Waals surface area contributed by atoms with Crippen LogP contribution in [0.5, 0.6) is 0 Å². The highest BCUT2D eigenvalue weighted by Crippen LogP contribution is 2.21. The van der Waals surface area contributed by atoms with Crippen LogP contribution in [-0.4, -0.2) is 26.2 Å². The van der Waals surface area contributed by atoms with Gasteiger partial charge in [0, 0.05) is 6.54 Å². The topological polar surface area (TPSA) is 66.4 Å². The Kier molecular flexibility index (Phi) is 5.93. The number of hydrogen-bond donors (Lipinski definition) is 2. The molecule has 5 heteroatoms. The third kappa shape index (κ3) is 5.16. The summed E-state index contributed by atoms with van der Waals surface area (Å²) >= 11 is 0. The summed E-state index contributed by atoms with van der Waals surface area (Å²) in [5.41, 5.74) is 2.03. The minimum Gasteiger partial charge on any atom is -0.393 e. The van der Waals surface area contributed by atoms with E-state index in [4.69, 9.17) is 0 Å². The van der Waals surface area contributed by atoms with E-state index < -0.39 is 16.1 Å². The molecule has 0 saturated carbocycles. The van der Waals surface area contributed by atoms with Crippen molar-refractivity contribution in [1.29, 1.82) is 0 Å². The van der Waals surface area contributed by atoms with Crippen molar-refractivity contribution in [1.82, 2.24) is 4.72 Å². The Morgan fingerprint density at radius 1 is 1.04 bits per heavy atom. The summed E-state index contributed by atoms with van der Waals surface area (Å²) in [7, 11) is -3.55. The van der Waals surface area contributed by atoms with Crippen LogP contribution in [0.15, 0.2) is 59.5 Å². The zero-order chi connectivity index (χ0) is 16.9. The van der Waals surface area contributed by atoms with Gasteiger partial charge < -0.3 is 5.11 Å². The van der Waals surface area contributed by atoms with Crippen LogP contribution < -0.4 is 4.72 Å². The van der Waals surface area contributed by atoms with Crippen molar-refractivity contribution in [3.63, 3.8) is 0 Å². The summed E-state index contributed by atoms with van der Waals surface area (Å²) in [4.78, 5) is 0.256. The first-order valence-electron chi connectivity index (χ1n) is 7.68. The van der Waals surface area contributed by atoms with Gasteiger partial charge in [-0.2, -0.15) is 0 Å². The lowest BCUT2D eigenvalue weighted by molar-refractivity contribution is 0.174. The van der Waals surface area contributed by atoms with E-state index in [1.165, 1.54) is 0 Å². The Bertz CT molecular complexity index is 710. The Labute approximate surface area is 138 Å². The predicted octanol–water partition coefficient (Wildman–Crippen LogP) is 2.83. The molecule has 0 bridgehead atoms. The Balaban J connectivity index is 2.12. The number of benzene rings is 2. The third-order valence-corrected chi connectivity index (χ3v) is 5.19. The normalized spacial score (nSPS) is 14.4. The number of aliphatic hydroxyl groups excluding tert-OH is 1.